The third-order valence-corrected chi connectivity index (χ3v) is 5.54. The standard InChI is InChI=1S/C19H21NO5S/c1-12-8-14(3)17(9-13(12)2)18(21)11-25-19(22)15-6-5-7-16(10-15)26(23,24)20-4/h5-10,20H,11H2,1-4H3. The molecule has 0 saturated heterocycles. The van der Waals surface area contributed by atoms with Crippen LogP contribution in [0.25, 0.3) is 0 Å². The molecule has 0 aliphatic rings. The van der Waals surface area contributed by atoms with Crippen molar-refractivity contribution in [1.82, 2.24) is 4.72 Å². The van der Waals surface area contributed by atoms with E-state index in [4.69, 9.17) is 4.74 Å². The van der Waals surface area contributed by atoms with Gasteiger partial charge in [0.2, 0.25) is 15.8 Å². The van der Waals surface area contributed by atoms with Gasteiger partial charge >= 0.3 is 5.97 Å². The summed E-state index contributed by atoms with van der Waals surface area (Å²) in [5.41, 5.74) is 3.45. The number of esters is 1. The van der Waals surface area contributed by atoms with Crippen molar-refractivity contribution < 1.29 is 22.7 Å². The maximum Gasteiger partial charge on any atom is 0.338 e. The van der Waals surface area contributed by atoms with Crippen molar-refractivity contribution in [2.75, 3.05) is 13.7 Å². The highest BCUT2D eigenvalue weighted by atomic mass is 32.2. The molecule has 2 rings (SSSR count). The molecular formula is C19H21NO5S. The molecule has 0 bridgehead atoms. The number of rotatable bonds is 6. The SMILES string of the molecule is CNS(=O)(=O)c1cccc(C(=O)OCC(=O)c2cc(C)c(C)cc2C)c1. The number of sulfonamides is 1. The van der Waals surface area contributed by atoms with E-state index in [1.807, 2.05) is 26.8 Å². The lowest BCUT2D eigenvalue weighted by molar-refractivity contribution is 0.0474. The van der Waals surface area contributed by atoms with E-state index in [9.17, 15) is 18.0 Å². The molecule has 6 nitrogen and oxygen atoms in total. The van der Waals surface area contributed by atoms with Crippen molar-refractivity contribution in [3.8, 4) is 0 Å². The molecule has 0 aromatic heterocycles. The number of hydrogen-bond acceptors (Lipinski definition) is 5. The second-order valence-electron chi connectivity index (χ2n) is 5.99. The molecular weight excluding hydrogens is 354 g/mol. The van der Waals surface area contributed by atoms with Crippen molar-refractivity contribution >= 4 is 21.8 Å². The molecule has 0 amide bonds. The number of carbonyl (C=O) groups excluding carboxylic acids is 2. The Morgan fingerprint density at radius 2 is 1.65 bits per heavy atom. The Kier molecular flexibility index (Phi) is 5.94. The first kappa shape index (κ1) is 19.8. The number of hydrogen-bond donors (Lipinski definition) is 1. The molecule has 0 radical (unpaired) electrons. The van der Waals surface area contributed by atoms with Crippen LogP contribution in [0.4, 0.5) is 0 Å². The molecule has 0 saturated carbocycles. The molecule has 7 heteroatoms. The highest BCUT2D eigenvalue weighted by molar-refractivity contribution is 7.89. The van der Waals surface area contributed by atoms with Crippen LogP contribution in [0.15, 0.2) is 41.3 Å². The van der Waals surface area contributed by atoms with Crippen molar-refractivity contribution in [3.05, 3.63) is 64.2 Å². The Bertz CT molecular complexity index is 964. The lowest BCUT2D eigenvalue weighted by atomic mass is 9.98. The third kappa shape index (κ3) is 4.36. The van der Waals surface area contributed by atoms with Crippen LogP contribution in [0.1, 0.15) is 37.4 Å². The Balaban J connectivity index is 2.13. The normalized spacial score (nSPS) is 11.2. The van der Waals surface area contributed by atoms with Gasteiger partial charge in [-0.25, -0.2) is 17.9 Å². The summed E-state index contributed by atoms with van der Waals surface area (Å²) in [4.78, 5) is 24.5. The largest absolute Gasteiger partial charge is 0.454 e. The fourth-order valence-corrected chi connectivity index (χ4v) is 3.24. The maximum atomic E-state index is 12.4. The van der Waals surface area contributed by atoms with E-state index in [2.05, 4.69) is 4.72 Å². The van der Waals surface area contributed by atoms with Gasteiger partial charge in [0.05, 0.1) is 10.5 Å². The van der Waals surface area contributed by atoms with Gasteiger partial charge in [-0.2, -0.15) is 0 Å². The fourth-order valence-electron chi connectivity index (χ4n) is 2.46. The topological polar surface area (TPSA) is 89.5 Å². The zero-order valence-electron chi connectivity index (χ0n) is 15.1. The predicted octanol–water partition coefficient (Wildman–Crippen LogP) is 2.56. The molecule has 0 fully saturated rings. The number of aryl methyl sites for hydroxylation is 3. The molecule has 2 aromatic carbocycles. The summed E-state index contributed by atoms with van der Waals surface area (Å²) in [6.07, 6.45) is 0. The molecule has 0 aliphatic heterocycles. The predicted molar refractivity (Wildman–Crippen MR) is 98.0 cm³/mol. The quantitative estimate of drug-likeness (QED) is 0.619. The van der Waals surface area contributed by atoms with E-state index in [0.717, 1.165) is 16.7 Å². The van der Waals surface area contributed by atoms with Crippen molar-refractivity contribution in [3.63, 3.8) is 0 Å². The van der Waals surface area contributed by atoms with E-state index in [1.165, 1.54) is 31.3 Å². The molecule has 0 heterocycles. The minimum atomic E-state index is -3.67. The van der Waals surface area contributed by atoms with Gasteiger partial charge < -0.3 is 4.74 Å². The van der Waals surface area contributed by atoms with Gasteiger partial charge in [-0.3, -0.25) is 4.79 Å². The van der Waals surface area contributed by atoms with Crippen LogP contribution in [0.5, 0.6) is 0 Å². The lowest BCUT2D eigenvalue weighted by Gasteiger charge is -2.10. The van der Waals surface area contributed by atoms with E-state index < -0.39 is 22.6 Å². The summed E-state index contributed by atoms with van der Waals surface area (Å²) >= 11 is 0. The highest BCUT2D eigenvalue weighted by Gasteiger charge is 2.17. The second kappa shape index (κ2) is 7.80. The summed E-state index contributed by atoms with van der Waals surface area (Å²) in [5.74, 6) is -1.06. The maximum absolute atomic E-state index is 12.4. The Labute approximate surface area is 153 Å². The molecule has 0 atom stereocenters. The van der Waals surface area contributed by atoms with Gasteiger partial charge in [0.15, 0.2) is 6.61 Å². The molecule has 0 unspecified atom stereocenters. The first-order valence-corrected chi connectivity index (χ1v) is 9.46. The van der Waals surface area contributed by atoms with Crippen molar-refractivity contribution in [2.24, 2.45) is 0 Å². The van der Waals surface area contributed by atoms with E-state index in [1.54, 1.807) is 6.07 Å². The van der Waals surface area contributed by atoms with Gasteiger partial charge in [0.25, 0.3) is 0 Å². The minimum Gasteiger partial charge on any atom is -0.454 e. The highest BCUT2D eigenvalue weighted by Crippen LogP contribution is 2.17. The minimum absolute atomic E-state index is 0.0502. The van der Waals surface area contributed by atoms with Gasteiger partial charge in [0, 0.05) is 5.56 Å². The first-order valence-electron chi connectivity index (χ1n) is 7.97. The van der Waals surface area contributed by atoms with E-state index >= 15 is 0 Å². The average molecular weight is 375 g/mol. The zero-order valence-corrected chi connectivity index (χ0v) is 15.9. The number of nitrogens with one attached hydrogen (secondary N) is 1. The number of Topliss-reactive ketones (excluding diaryl/α,β-unsaturated/α-hetero) is 1. The fraction of sp³-hybridized carbons (Fsp3) is 0.263. The van der Waals surface area contributed by atoms with Crippen LogP contribution < -0.4 is 4.72 Å². The average Bonchev–Trinajstić information content (AvgIpc) is 2.62. The Hall–Kier alpha value is -2.51. The molecule has 0 aliphatic carbocycles. The summed E-state index contributed by atoms with van der Waals surface area (Å²) in [5, 5.41) is 0. The molecule has 0 spiro atoms. The number of ether oxygens (including phenoxy) is 1. The first-order chi connectivity index (χ1) is 12.2. The third-order valence-electron chi connectivity index (χ3n) is 4.12. The monoisotopic (exact) mass is 375 g/mol. The number of ketones is 1. The van der Waals surface area contributed by atoms with Crippen LogP contribution >= 0.6 is 0 Å². The van der Waals surface area contributed by atoms with Crippen LogP contribution in [0, 0.1) is 20.8 Å². The van der Waals surface area contributed by atoms with Gasteiger partial charge in [-0.1, -0.05) is 12.1 Å². The summed E-state index contributed by atoms with van der Waals surface area (Å²) in [7, 11) is -2.39. The molecule has 138 valence electrons. The van der Waals surface area contributed by atoms with E-state index in [0.29, 0.717) is 5.56 Å². The molecule has 26 heavy (non-hydrogen) atoms. The summed E-state index contributed by atoms with van der Waals surface area (Å²) in [6, 6.07) is 9.14. The van der Waals surface area contributed by atoms with Gasteiger partial charge in [-0.05, 0) is 68.8 Å². The number of carbonyl (C=O) groups is 2. The van der Waals surface area contributed by atoms with E-state index in [-0.39, 0.29) is 16.2 Å². The zero-order chi connectivity index (χ0) is 19.5. The van der Waals surface area contributed by atoms with Gasteiger partial charge in [-0.15, -0.1) is 0 Å². The second-order valence-corrected chi connectivity index (χ2v) is 7.87. The van der Waals surface area contributed by atoms with Gasteiger partial charge in [0.1, 0.15) is 0 Å². The summed E-state index contributed by atoms with van der Waals surface area (Å²) in [6.45, 7) is 5.28. The Morgan fingerprint density at radius 3 is 2.31 bits per heavy atom. The van der Waals surface area contributed by atoms with Crippen molar-refractivity contribution in [1.29, 1.82) is 0 Å². The molecule has 2 aromatic rings. The van der Waals surface area contributed by atoms with Crippen molar-refractivity contribution in [2.45, 2.75) is 25.7 Å². The number of benzene rings is 2. The van der Waals surface area contributed by atoms with Crippen LogP contribution in [-0.4, -0.2) is 33.8 Å². The van der Waals surface area contributed by atoms with Crippen LogP contribution in [0.3, 0.4) is 0 Å². The van der Waals surface area contributed by atoms with Crippen LogP contribution in [0.2, 0.25) is 0 Å². The van der Waals surface area contributed by atoms with Crippen LogP contribution in [-0.2, 0) is 14.8 Å². The summed E-state index contributed by atoms with van der Waals surface area (Å²) < 4.78 is 30.9. The molecule has 1 N–H and O–H groups in total. The smallest absolute Gasteiger partial charge is 0.338 e. The Morgan fingerprint density at radius 1 is 1.00 bits per heavy atom. The lowest BCUT2D eigenvalue weighted by Crippen LogP contribution is -2.19.